The molecule has 1 rings (SSSR count). The number of aliphatic hydroxyl groups is 2. The highest BCUT2D eigenvalue weighted by atomic mass is 16.3. The minimum absolute atomic E-state index is 0.0148. The van der Waals surface area contributed by atoms with E-state index in [2.05, 4.69) is 10.6 Å². The average Bonchev–Trinajstić information content (AvgIpc) is 2.24. The second kappa shape index (κ2) is 6.50. The van der Waals surface area contributed by atoms with Gasteiger partial charge in [0.05, 0.1) is 13.5 Å². The van der Waals surface area contributed by atoms with E-state index in [1.54, 1.807) is 0 Å². The Morgan fingerprint density at radius 1 is 0.929 bits per heavy atom. The molecule has 1 aromatic rings. The Labute approximate surface area is 83.6 Å². The van der Waals surface area contributed by atoms with Gasteiger partial charge in [0.1, 0.15) is 0 Å². The number of hydrogen-bond acceptors (Lipinski definition) is 4. The van der Waals surface area contributed by atoms with Crippen LogP contribution >= 0.6 is 0 Å². The predicted octanol–water partition coefficient (Wildman–Crippen LogP) is -0.235. The summed E-state index contributed by atoms with van der Waals surface area (Å²) in [7, 11) is 0. The molecule has 0 aliphatic heterocycles. The minimum atomic E-state index is -0.0148. The van der Waals surface area contributed by atoms with Gasteiger partial charge in [-0.1, -0.05) is 24.3 Å². The molecule has 0 saturated heterocycles. The zero-order chi connectivity index (χ0) is 10.2. The Morgan fingerprint density at radius 2 is 1.43 bits per heavy atom. The number of hydrogen-bond donors (Lipinski definition) is 4. The van der Waals surface area contributed by atoms with Crippen LogP contribution in [0, 0.1) is 0 Å². The molecule has 0 bridgehead atoms. The molecule has 0 aliphatic rings. The van der Waals surface area contributed by atoms with E-state index in [9.17, 15) is 0 Å². The normalized spacial score (nSPS) is 10.4. The largest absolute Gasteiger partial charge is 0.381 e. The molecule has 0 saturated carbocycles. The lowest BCUT2D eigenvalue weighted by molar-refractivity contribution is 0.258. The van der Waals surface area contributed by atoms with Gasteiger partial charge in [-0.25, -0.2) is 0 Å². The molecule has 0 aromatic heterocycles. The van der Waals surface area contributed by atoms with Crippen molar-refractivity contribution in [2.24, 2.45) is 0 Å². The molecule has 0 unspecified atom stereocenters. The molecule has 0 aliphatic carbocycles. The van der Waals surface area contributed by atoms with Gasteiger partial charge in [0.15, 0.2) is 0 Å². The van der Waals surface area contributed by atoms with Crippen molar-refractivity contribution in [3.63, 3.8) is 0 Å². The number of benzene rings is 1. The fourth-order valence-electron chi connectivity index (χ4n) is 1.25. The quantitative estimate of drug-likeness (QED) is 0.474. The van der Waals surface area contributed by atoms with Crippen LogP contribution in [0.2, 0.25) is 0 Å². The highest BCUT2D eigenvalue weighted by molar-refractivity contribution is 5.23. The highest BCUT2D eigenvalue weighted by Crippen LogP contribution is 2.04. The van der Waals surface area contributed by atoms with E-state index in [0.717, 1.165) is 11.1 Å². The van der Waals surface area contributed by atoms with E-state index < -0.39 is 0 Å². The van der Waals surface area contributed by atoms with Crippen molar-refractivity contribution in [3.8, 4) is 0 Å². The topological polar surface area (TPSA) is 64.5 Å². The summed E-state index contributed by atoms with van der Waals surface area (Å²) in [5.74, 6) is 0. The summed E-state index contributed by atoms with van der Waals surface area (Å²) in [6.45, 7) is 1.28. The van der Waals surface area contributed by atoms with Crippen LogP contribution in [0.1, 0.15) is 11.1 Å². The summed E-state index contributed by atoms with van der Waals surface area (Å²) in [6.07, 6.45) is 0. The number of rotatable bonds is 6. The maximum absolute atomic E-state index is 8.58. The molecule has 0 spiro atoms. The summed E-state index contributed by atoms with van der Waals surface area (Å²) in [6, 6.07) is 7.98. The van der Waals surface area contributed by atoms with Gasteiger partial charge in [-0.15, -0.1) is 0 Å². The lowest BCUT2D eigenvalue weighted by Crippen LogP contribution is -2.15. The molecular formula is C10H16N2O2. The molecule has 78 valence electrons. The van der Waals surface area contributed by atoms with E-state index >= 15 is 0 Å². The molecule has 0 amide bonds. The zero-order valence-electron chi connectivity index (χ0n) is 8.03. The van der Waals surface area contributed by atoms with Crippen molar-refractivity contribution in [3.05, 3.63) is 35.4 Å². The van der Waals surface area contributed by atoms with E-state index in [1.807, 2.05) is 24.3 Å². The second-order valence-corrected chi connectivity index (χ2v) is 2.99. The third kappa shape index (κ3) is 3.85. The summed E-state index contributed by atoms with van der Waals surface area (Å²) in [4.78, 5) is 0. The first-order valence-electron chi connectivity index (χ1n) is 4.58. The van der Waals surface area contributed by atoms with Gasteiger partial charge in [-0.05, 0) is 11.1 Å². The van der Waals surface area contributed by atoms with Crippen molar-refractivity contribution in [2.45, 2.75) is 13.1 Å². The fourth-order valence-corrected chi connectivity index (χ4v) is 1.25. The first kappa shape index (κ1) is 11.1. The minimum Gasteiger partial charge on any atom is -0.381 e. The average molecular weight is 196 g/mol. The Balaban J connectivity index is 2.50. The summed E-state index contributed by atoms with van der Waals surface area (Å²) in [5, 5.41) is 22.8. The Bertz CT molecular complexity index is 243. The molecule has 0 heterocycles. The van der Waals surface area contributed by atoms with Gasteiger partial charge in [-0.2, -0.15) is 0 Å². The van der Waals surface area contributed by atoms with Crippen LogP contribution in [0.15, 0.2) is 24.3 Å². The van der Waals surface area contributed by atoms with E-state index in [4.69, 9.17) is 10.2 Å². The molecule has 1 aromatic carbocycles. The van der Waals surface area contributed by atoms with E-state index in [1.165, 1.54) is 0 Å². The van der Waals surface area contributed by atoms with Gasteiger partial charge in [0.25, 0.3) is 0 Å². The maximum Gasteiger partial charge on any atom is 0.0934 e. The summed E-state index contributed by atoms with van der Waals surface area (Å²) < 4.78 is 0. The zero-order valence-corrected chi connectivity index (χ0v) is 8.03. The first-order chi connectivity index (χ1) is 6.86. The fraction of sp³-hybridized carbons (Fsp3) is 0.400. The van der Waals surface area contributed by atoms with Crippen LogP contribution in [0.4, 0.5) is 0 Å². The highest BCUT2D eigenvalue weighted by Gasteiger charge is 1.94. The SMILES string of the molecule is OCNCc1cccc(CNCO)c1. The molecule has 14 heavy (non-hydrogen) atoms. The Hall–Kier alpha value is -0.940. The molecular weight excluding hydrogens is 180 g/mol. The van der Waals surface area contributed by atoms with Crippen LogP contribution in [-0.2, 0) is 13.1 Å². The molecule has 0 radical (unpaired) electrons. The monoisotopic (exact) mass is 196 g/mol. The van der Waals surface area contributed by atoms with Crippen LogP contribution in [0.3, 0.4) is 0 Å². The maximum atomic E-state index is 8.58. The first-order valence-corrected chi connectivity index (χ1v) is 4.58. The molecule has 4 nitrogen and oxygen atoms in total. The van der Waals surface area contributed by atoms with Gasteiger partial charge in [0, 0.05) is 13.1 Å². The third-order valence-electron chi connectivity index (χ3n) is 1.87. The van der Waals surface area contributed by atoms with E-state index in [-0.39, 0.29) is 13.5 Å². The third-order valence-corrected chi connectivity index (χ3v) is 1.87. The van der Waals surface area contributed by atoms with Crippen molar-refractivity contribution < 1.29 is 10.2 Å². The van der Waals surface area contributed by atoms with Gasteiger partial charge >= 0.3 is 0 Å². The van der Waals surface area contributed by atoms with E-state index in [0.29, 0.717) is 13.1 Å². The lowest BCUT2D eigenvalue weighted by atomic mass is 10.1. The van der Waals surface area contributed by atoms with Crippen LogP contribution < -0.4 is 10.6 Å². The Morgan fingerprint density at radius 3 is 1.86 bits per heavy atom. The van der Waals surface area contributed by atoms with Gasteiger partial charge in [0.2, 0.25) is 0 Å². The van der Waals surface area contributed by atoms with Crippen molar-refractivity contribution in [1.29, 1.82) is 0 Å². The lowest BCUT2D eigenvalue weighted by Gasteiger charge is -2.05. The van der Waals surface area contributed by atoms with Gasteiger partial charge in [-0.3, -0.25) is 10.6 Å². The smallest absolute Gasteiger partial charge is 0.0934 e. The number of nitrogens with one attached hydrogen (secondary N) is 2. The molecule has 0 atom stereocenters. The van der Waals surface area contributed by atoms with Crippen LogP contribution in [-0.4, -0.2) is 23.7 Å². The molecule has 4 N–H and O–H groups in total. The molecule has 4 heteroatoms. The van der Waals surface area contributed by atoms with Crippen molar-refractivity contribution >= 4 is 0 Å². The summed E-state index contributed by atoms with van der Waals surface area (Å²) >= 11 is 0. The van der Waals surface area contributed by atoms with Crippen molar-refractivity contribution in [2.75, 3.05) is 13.5 Å². The van der Waals surface area contributed by atoms with Crippen molar-refractivity contribution in [1.82, 2.24) is 10.6 Å². The number of aliphatic hydroxyl groups excluding tert-OH is 2. The Kier molecular flexibility index (Phi) is 5.17. The van der Waals surface area contributed by atoms with Gasteiger partial charge < -0.3 is 10.2 Å². The van der Waals surface area contributed by atoms with Crippen LogP contribution in [0.5, 0.6) is 0 Å². The van der Waals surface area contributed by atoms with Crippen LogP contribution in [0.25, 0.3) is 0 Å². The second-order valence-electron chi connectivity index (χ2n) is 2.99. The predicted molar refractivity (Wildman–Crippen MR) is 54.3 cm³/mol. The standard InChI is InChI=1S/C10H16N2O2/c13-7-11-5-9-2-1-3-10(4-9)6-12-8-14/h1-4,11-14H,5-8H2. The molecule has 0 fully saturated rings. The summed E-state index contributed by atoms with van der Waals surface area (Å²) in [5.41, 5.74) is 2.24.